The Bertz CT molecular complexity index is 717. The Balaban J connectivity index is 2.78. The summed E-state index contributed by atoms with van der Waals surface area (Å²) < 4.78 is 10.4. The third kappa shape index (κ3) is 8.85. The summed E-state index contributed by atoms with van der Waals surface area (Å²) in [7, 11) is 3.08. The van der Waals surface area contributed by atoms with Gasteiger partial charge in [-0.05, 0) is 36.0 Å². The van der Waals surface area contributed by atoms with Gasteiger partial charge in [0.05, 0.1) is 20.6 Å². The molecule has 0 aromatic heterocycles. The van der Waals surface area contributed by atoms with Crippen LogP contribution in [0.3, 0.4) is 0 Å². The molecule has 8 heteroatoms. The van der Waals surface area contributed by atoms with Crippen molar-refractivity contribution in [2.75, 3.05) is 20.8 Å². The topological polar surface area (TPSA) is 115 Å². The molecule has 162 valence electrons. The Morgan fingerprint density at radius 2 is 1.72 bits per heavy atom. The van der Waals surface area contributed by atoms with Gasteiger partial charge >= 0.3 is 0 Å². The van der Waals surface area contributed by atoms with Crippen molar-refractivity contribution < 1.29 is 19.1 Å². The Morgan fingerprint density at radius 1 is 1.07 bits per heavy atom. The summed E-state index contributed by atoms with van der Waals surface area (Å²) >= 11 is 0. The van der Waals surface area contributed by atoms with Crippen LogP contribution in [0.25, 0.3) is 0 Å². The lowest BCUT2D eigenvalue weighted by Crippen LogP contribution is -2.42. The highest BCUT2D eigenvalue weighted by Crippen LogP contribution is 2.27. The first-order valence-corrected chi connectivity index (χ1v) is 9.77. The van der Waals surface area contributed by atoms with Gasteiger partial charge in [0.25, 0.3) is 0 Å². The normalized spacial score (nSPS) is 12.6. The van der Waals surface area contributed by atoms with Crippen molar-refractivity contribution in [2.24, 2.45) is 22.6 Å². The van der Waals surface area contributed by atoms with Crippen molar-refractivity contribution in [2.45, 2.75) is 46.6 Å². The lowest BCUT2D eigenvalue weighted by molar-refractivity contribution is -0.123. The van der Waals surface area contributed by atoms with Gasteiger partial charge in [-0.2, -0.15) is 0 Å². The molecule has 1 aromatic rings. The van der Waals surface area contributed by atoms with Gasteiger partial charge in [0, 0.05) is 6.54 Å². The van der Waals surface area contributed by atoms with E-state index in [4.69, 9.17) is 15.2 Å². The van der Waals surface area contributed by atoms with E-state index in [1.54, 1.807) is 25.3 Å². The van der Waals surface area contributed by atoms with E-state index in [2.05, 4.69) is 15.6 Å². The maximum Gasteiger partial charge on any atom is 0.244 e. The minimum Gasteiger partial charge on any atom is -0.493 e. The van der Waals surface area contributed by atoms with Crippen LogP contribution in [0.4, 0.5) is 0 Å². The molecule has 0 radical (unpaired) electrons. The minimum absolute atomic E-state index is 0.0687. The van der Waals surface area contributed by atoms with E-state index in [9.17, 15) is 9.59 Å². The summed E-state index contributed by atoms with van der Waals surface area (Å²) in [5, 5.41) is 5.42. The number of guanidine groups is 1. The first kappa shape index (κ1) is 24.3. The monoisotopic (exact) mass is 406 g/mol. The smallest absolute Gasteiger partial charge is 0.244 e. The van der Waals surface area contributed by atoms with Gasteiger partial charge in [0.2, 0.25) is 11.8 Å². The van der Waals surface area contributed by atoms with Crippen LogP contribution in [0.15, 0.2) is 23.2 Å². The number of nitrogens with one attached hydrogen (secondary N) is 2. The van der Waals surface area contributed by atoms with Gasteiger partial charge in [-0.1, -0.05) is 33.8 Å². The van der Waals surface area contributed by atoms with E-state index in [1.807, 2.05) is 27.7 Å². The molecule has 0 saturated carbocycles. The maximum absolute atomic E-state index is 12.4. The number of hydrogen-bond acceptors (Lipinski definition) is 5. The number of carbonyl (C=O) groups excluding carboxylic acids is 2. The fourth-order valence-electron chi connectivity index (χ4n) is 2.65. The maximum atomic E-state index is 12.4. The molecule has 0 spiro atoms. The average molecular weight is 407 g/mol. The highest BCUT2D eigenvalue weighted by Gasteiger charge is 2.20. The fraction of sp³-hybridized carbons (Fsp3) is 0.571. The van der Waals surface area contributed by atoms with Gasteiger partial charge in [-0.25, -0.2) is 4.99 Å². The molecule has 1 atom stereocenters. The van der Waals surface area contributed by atoms with Crippen molar-refractivity contribution >= 4 is 17.8 Å². The molecule has 1 rings (SSSR count). The SMILES string of the molecule is COc1ccc(CC(=O)NC(N)=NC(CC(C)C)C(=O)NCC(C)C)cc1OC. The zero-order valence-corrected chi connectivity index (χ0v) is 18.2. The number of methoxy groups -OCH3 is 2. The highest BCUT2D eigenvalue weighted by atomic mass is 16.5. The number of ether oxygens (including phenoxy) is 2. The van der Waals surface area contributed by atoms with Crippen LogP contribution in [0, 0.1) is 11.8 Å². The van der Waals surface area contributed by atoms with Crippen LogP contribution < -0.4 is 25.8 Å². The highest BCUT2D eigenvalue weighted by molar-refractivity contribution is 5.98. The van der Waals surface area contributed by atoms with Gasteiger partial charge in [-0.3, -0.25) is 14.9 Å². The van der Waals surface area contributed by atoms with Gasteiger partial charge in [0.1, 0.15) is 6.04 Å². The predicted octanol–water partition coefficient (Wildman–Crippen LogP) is 1.86. The first-order chi connectivity index (χ1) is 13.7. The molecule has 2 amide bonds. The molecule has 0 aliphatic rings. The Kier molecular flexibility index (Phi) is 9.99. The molecular formula is C21H34N4O4. The number of nitrogens with two attached hydrogens (primary N) is 1. The van der Waals surface area contributed by atoms with Gasteiger partial charge in [-0.15, -0.1) is 0 Å². The van der Waals surface area contributed by atoms with Gasteiger partial charge in [0.15, 0.2) is 17.5 Å². The molecule has 4 N–H and O–H groups in total. The fourth-order valence-corrected chi connectivity index (χ4v) is 2.65. The Hall–Kier alpha value is -2.77. The second-order valence-electron chi connectivity index (χ2n) is 7.71. The summed E-state index contributed by atoms with van der Waals surface area (Å²) in [6.45, 7) is 8.61. The van der Waals surface area contributed by atoms with E-state index in [0.29, 0.717) is 30.4 Å². The minimum atomic E-state index is -0.643. The second-order valence-corrected chi connectivity index (χ2v) is 7.71. The molecule has 1 aromatic carbocycles. The lowest BCUT2D eigenvalue weighted by Gasteiger charge is -2.17. The Morgan fingerprint density at radius 3 is 2.28 bits per heavy atom. The van der Waals surface area contributed by atoms with E-state index in [1.165, 1.54) is 7.11 Å². The van der Waals surface area contributed by atoms with E-state index in [0.717, 1.165) is 5.56 Å². The molecule has 0 aliphatic heterocycles. The van der Waals surface area contributed by atoms with Gasteiger partial charge < -0.3 is 20.5 Å². The zero-order chi connectivity index (χ0) is 22.0. The third-order valence-corrected chi connectivity index (χ3v) is 4.06. The number of hydrogen-bond donors (Lipinski definition) is 3. The van der Waals surface area contributed by atoms with Crippen molar-refractivity contribution in [3.8, 4) is 11.5 Å². The zero-order valence-electron chi connectivity index (χ0n) is 18.2. The number of carbonyl (C=O) groups is 2. The summed E-state index contributed by atoms with van der Waals surface area (Å²) in [6, 6.07) is 4.59. The molecule has 0 heterocycles. The Labute approximate surface area is 173 Å². The van der Waals surface area contributed by atoms with Crippen molar-refractivity contribution in [1.29, 1.82) is 0 Å². The predicted molar refractivity (Wildman–Crippen MR) is 114 cm³/mol. The second kappa shape index (κ2) is 11.9. The summed E-state index contributed by atoms with van der Waals surface area (Å²) in [5.41, 5.74) is 6.63. The van der Waals surface area contributed by atoms with E-state index in [-0.39, 0.29) is 30.1 Å². The molecular weight excluding hydrogens is 372 g/mol. The van der Waals surface area contributed by atoms with E-state index >= 15 is 0 Å². The van der Waals surface area contributed by atoms with Crippen molar-refractivity contribution in [1.82, 2.24) is 10.6 Å². The number of rotatable bonds is 10. The number of benzene rings is 1. The molecule has 1 unspecified atom stereocenters. The lowest BCUT2D eigenvalue weighted by atomic mass is 10.0. The molecule has 0 fully saturated rings. The van der Waals surface area contributed by atoms with Crippen LogP contribution in [-0.4, -0.2) is 44.6 Å². The first-order valence-electron chi connectivity index (χ1n) is 9.77. The summed E-state index contributed by atoms with van der Waals surface area (Å²) in [4.78, 5) is 29.0. The average Bonchev–Trinajstić information content (AvgIpc) is 2.64. The molecule has 8 nitrogen and oxygen atoms in total. The van der Waals surface area contributed by atoms with Crippen LogP contribution in [0.1, 0.15) is 39.7 Å². The number of nitrogens with zero attached hydrogens (tertiary/aromatic N) is 1. The van der Waals surface area contributed by atoms with Crippen LogP contribution in [0.5, 0.6) is 11.5 Å². The van der Waals surface area contributed by atoms with Crippen LogP contribution in [0.2, 0.25) is 0 Å². The van der Waals surface area contributed by atoms with Crippen molar-refractivity contribution in [3.63, 3.8) is 0 Å². The number of aliphatic imine (C=N–C) groups is 1. The van der Waals surface area contributed by atoms with Crippen molar-refractivity contribution in [3.05, 3.63) is 23.8 Å². The van der Waals surface area contributed by atoms with Crippen LogP contribution >= 0.6 is 0 Å². The molecule has 0 aliphatic carbocycles. The summed E-state index contributed by atoms with van der Waals surface area (Å²) in [6.07, 6.45) is 0.626. The molecule has 0 saturated heterocycles. The molecule has 0 bridgehead atoms. The van der Waals surface area contributed by atoms with E-state index < -0.39 is 6.04 Å². The molecule has 29 heavy (non-hydrogen) atoms. The largest absolute Gasteiger partial charge is 0.493 e. The quantitative estimate of drug-likeness (QED) is 0.405. The third-order valence-electron chi connectivity index (χ3n) is 4.06. The van der Waals surface area contributed by atoms with Crippen LogP contribution in [-0.2, 0) is 16.0 Å². The number of amides is 2. The standard InChI is InChI=1S/C21H34N4O4/c1-13(2)9-16(20(27)23-12-14(3)4)24-21(22)25-19(26)11-15-7-8-17(28-5)18(10-15)29-6/h7-8,10,13-14,16H,9,11-12H2,1-6H3,(H,23,27)(H3,22,24,25,26). The summed E-state index contributed by atoms with van der Waals surface area (Å²) in [5.74, 6) is 1.12.